The second-order valence-electron chi connectivity index (χ2n) is 5.01. The lowest BCUT2D eigenvalue weighted by molar-refractivity contribution is 0.402. The maximum atomic E-state index is 5.47. The van der Waals surface area contributed by atoms with Gasteiger partial charge in [-0.1, -0.05) is 30.1 Å². The Bertz CT molecular complexity index is 562. The molecule has 1 fully saturated rings. The zero-order valence-corrected chi connectivity index (χ0v) is 12.4. The fourth-order valence-corrected chi connectivity index (χ4v) is 3.15. The zero-order chi connectivity index (χ0) is 13.8. The highest BCUT2D eigenvalue weighted by atomic mass is 32.2. The van der Waals surface area contributed by atoms with E-state index in [2.05, 4.69) is 27.8 Å². The second-order valence-corrected chi connectivity index (χ2v) is 5.86. The maximum Gasteiger partial charge on any atom is 0.259 e. The fourth-order valence-electron chi connectivity index (χ4n) is 2.56. The van der Waals surface area contributed by atoms with E-state index in [4.69, 9.17) is 4.52 Å². The SMILES string of the molecule is CSc1ccccc1-c1nc(C2CCCCCN2)no1. The maximum absolute atomic E-state index is 5.47. The summed E-state index contributed by atoms with van der Waals surface area (Å²) in [4.78, 5) is 5.76. The van der Waals surface area contributed by atoms with E-state index in [1.54, 1.807) is 11.8 Å². The van der Waals surface area contributed by atoms with Gasteiger partial charge in [-0.15, -0.1) is 11.8 Å². The number of nitrogens with zero attached hydrogens (tertiary/aromatic N) is 2. The van der Waals surface area contributed by atoms with Gasteiger partial charge in [0.25, 0.3) is 5.89 Å². The number of hydrogen-bond donors (Lipinski definition) is 1. The van der Waals surface area contributed by atoms with Crippen molar-refractivity contribution >= 4 is 11.8 Å². The Balaban J connectivity index is 1.85. The van der Waals surface area contributed by atoms with Crippen molar-refractivity contribution in [3.05, 3.63) is 30.1 Å². The average Bonchev–Trinajstić information content (AvgIpc) is 2.82. The quantitative estimate of drug-likeness (QED) is 0.874. The zero-order valence-electron chi connectivity index (χ0n) is 11.6. The summed E-state index contributed by atoms with van der Waals surface area (Å²) in [6.07, 6.45) is 6.88. The fraction of sp³-hybridized carbons (Fsp3) is 0.467. The molecule has 1 atom stereocenters. The first kappa shape index (κ1) is 13.6. The molecule has 3 rings (SSSR count). The van der Waals surface area contributed by atoms with Gasteiger partial charge in [-0.05, 0) is 37.8 Å². The summed E-state index contributed by atoms with van der Waals surface area (Å²) in [5.74, 6) is 1.41. The minimum Gasteiger partial charge on any atom is -0.334 e. The summed E-state index contributed by atoms with van der Waals surface area (Å²) in [5.41, 5.74) is 1.02. The smallest absolute Gasteiger partial charge is 0.259 e. The minimum atomic E-state index is 0.233. The molecule has 2 aromatic rings. The molecule has 5 heteroatoms. The lowest BCUT2D eigenvalue weighted by Gasteiger charge is -2.10. The Morgan fingerprint density at radius 2 is 2.15 bits per heavy atom. The molecule has 106 valence electrons. The summed E-state index contributed by atoms with van der Waals surface area (Å²) in [6, 6.07) is 8.37. The summed E-state index contributed by atoms with van der Waals surface area (Å²) >= 11 is 1.70. The molecule has 0 bridgehead atoms. The Kier molecular flexibility index (Phi) is 4.38. The van der Waals surface area contributed by atoms with Gasteiger partial charge in [0.1, 0.15) is 0 Å². The molecule has 0 radical (unpaired) electrons. The number of hydrogen-bond acceptors (Lipinski definition) is 5. The van der Waals surface area contributed by atoms with E-state index in [-0.39, 0.29) is 6.04 Å². The summed E-state index contributed by atoms with van der Waals surface area (Å²) in [6.45, 7) is 1.04. The molecule has 1 aromatic carbocycles. The van der Waals surface area contributed by atoms with E-state index in [0.717, 1.165) is 29.2 Å². The Hall–Kier alpha value is -1.33. The molecule has 0 amide bonds. The van der Waals surface area contributed by atoms with Crippen LogP contribution in [0.2, 0.25) is 0 Å². The highest BCUT2D eigenvalue weighted by Crippen LogP contribution is 2.30. The van der Waals surface area contributed by atoms with Crippen molar-refractivity contribution in [2.45, 2.75) is 36.6 Å². The molecular formula is C15H19N3OS. The molecule has 1 saturated heterocycles. The van der Waals surface area contributed by atoms with Crippen molar-refractivity contribution in [3.8, 4) is 11.5 Å². The number of aromatic nitrogens is 2. The van der Waals surface area contributed by atoms with Crippen LogP contribution in [0, 0.1) is 0 Å². The van der Waals surface area contributed by atoms with Crippen LogP contribution in [0.3, 0.4) is 0 Å². The standard InChI is InChI=1S/C15H19N3OS/c1-20-13-9-5-4-7-11(13)15-17-14(18-19-15)12-8-3-2-6-10-16-12/h4-5,7,9,12,16H,2-3,6,8,10H2,1H3. The first-order valence-electron chi connectivity index (χ1n) is 7.09. The summed E-state index contributed by atoms with van der Waals surface area (Å²) in [5, 5.41) is 7.68. The van der Waals surface area contributed by atoms with Crippen molar-refractivity contribution in [1.29, 1.82) is 0 Å². The van der Waals surface area contributed by atoms with E-state index < -0.39 is 0 Å². The highest BCUT2D eigenvalue weighted by Gasteiger charge is 2.20. The van der Waals surface area contributed by atoms with Crippen LogP contribution in [-0.2, 0) is 0 Å². The molecule has 0 spiro atoms. The van der Waals surface area contributed by atoms with E-state index in [0.29, 0.717) is 5.89 Å². The molecule has 4 nitrogen and oxygen atoms in total. The Labute approximate surface area is 123 Å². The molecule has 0 saturated carbocycles. The molecule has 1 N–H and O–H groups in total. The molecule has 2 heterocycles. The first-order chi connectivity index (χ1) is 9.88. The molecule has 1 aromatic heterocycles. The first-order valence-corrected chi connectivity index (χ1v) is 8.31. The highest BCUT2D eigenvalue weighted by molar-refractivity contribution is 7.98. The van der Waals surface area contributed by atoms with Gasteiger partial charge in [0.05, 0.1) is 11.6 Å². The number of nitrogens with one attached hydrogen (secondary N) is 1. The number of benzene rings is 1. The van der Waals surface area contributed by atoms with E-state index in [1.165, 1.54) is 19.3 Å². The number of thioether (sulfide) groups is 1. The van der Waals surface area contributed by atoms with E-state index in [1.807, 2.05) is 18.2 Å². The van der Waals surface area contributed by atoms with Crippen LogP contribution in [0.15, 0.2) is 33.7 Å². The molecule has 0 aliphatic carbocycles. The van der Waals surface area contributed by atoms with E-state index >= 15 is 0 Å². The molecule has 20 heavy (non-hydrogen) atoms. The van der Waals surface area contributed by atoms with Gasteiger partial charge in [-0.2, -0.15) is 4.98 Å². The van der Waals surface area contributed by atoms with Crippen LogP contribution >= 0.6 is 11.8 Å². The van der Waals surface area contributed by atoms with Crippen molar-refractivity contribution < 1.29 is 4.52 Å². The second kappa shape index (κ2) is 6.41. The minimum absolute atomic E-state index is 0.233. The predicted octanol–water partition coefficient (Wildman–Crippen LogP) is 3.66. The molecule has 1 aliphatic rings. The summed E-state index contributed by atoms with van der Waals surface area (Å²) < 4.78 is 5.47. The van der Waals surface area contributed by atoms with Gasteiger partial charge >= 0.3 is 0 Å². The van der Waals surface area contributed by atoms with Crippen LogP contribution in [0.5, 0.6) is 0 Å². The topological polar surface area (TPSA) is 51.0 Å². The third kappa shape index (κ3) is 2.88. The Morgan fingerprint density at radius 3 is 3.05 bits per heavy atom. The van der Waals surface area contributed by atoms with Gasteiger partial charge in [0.15, 0.2) is 5.82 Å². The lowest BCUT2D eigenvalue weighted by atomic mass is 10.1. The molecule has 1 unspecified atom stereocenters. The van der Waals surface area contributed by atoms with Gasteiger partial charge in [-0.3, -0.25) is 0 Å². The largest absolute Gasteiger partial charge is 0.334 e. The Morgan fingerprint density at radius 1 is 1.25 bits per heavy atom. The van der Waals surface area contributed by atoms with Gasteiger partial charge in [0.2, 0.25) is 0 Å². The normalized spacial score (nSPS) is 19.8. The van der Waals surface area contributed by atoms with E-state index in [9.17, 15) is 0 Å². The van der Waals surface area contributed by atoms with Crippen LogP contribution in [0.25, 0.3) is 11.5 Å². The monoisotopic (exact) mass is 289 g/mol. The molecule has 1 aliphatic heterocycles. The van der Waals surface area contributed by atoms with Crippen LogP contribution in [0.1, 0.15) is 37.5 Å². The predicted molar refractivity (Wildman–Crippen MR) is 80.7 cm³/mol. The van der Waals surface area contributed by atoms with Crippen molar-refractivity contribution in [1.82, 2.24) is 15.5 Å². The number of rotatable bonds is 3. The van der Waals surface area contributed by atoms with Crippen molar-refractivity contribution in [2.24, 2.45) is 0 Å². The van der Waals surface area contributed by atoms with Crippen molar-refractivity contribution in [2.75, 3.05) is 12.8 Å². The van der Waals surface area contributed by atoms with Gasteiger partial charge in [0, 0.05) is 4.90 Å². The summed E-state index contributed by atoms with van der Waals surface area (Å²) in [7, 11) is 0. The van der Waals surface area contributed by atoms with Crippen molar-refractivity contribution in [3.63, 3.8) is 0 Å². The van der Waals surface area contributed by atoms with Crippen LogP contribution in [0.4, 0.5) is 0 Å². The lowest BCUT2D eigenvalue weighted by Crippen LogP contribution is -2.21. The van der Waals surface area contributed by atoms with Crippen LogP contribution in [-0.4, -0.2) is 22.9 Å². The molecular weight excluding hydrogens is 270 g/mol. The average molecular weight is 289 g/mol. The third-order valence-electron chi connectivity index (χ3n) is 3.65. The van der Waals surface area contributed by atoms with Crippen LogP contribution < -0.4 is 5.32 Å². The van der Waals surface area contributed by atoms with Gasteiger partial charge in [-0.25, -0.2) is 0 Å². The third-order valence-corrected chi connectivity index (χ3v) is 4.45. The van der Waals surface area contributed by atoms with Gasteiger partial charge < -0.3 is 9.84 Å².